The molecule has 0 unspecified atom stereocenters. The molecule has 4 nitrogen and oxygen atoms in total. The first-order valence-corrected chi connectivity index (χ1v) is 3.96. The van der Waals surface area contributed by atoms with Gasteiger partial charge in [-0.05, 0) is 32.9 Å². The Morgan fingerprint density at radius 1 is 1.54 bits per heavy atom. The van der Waals surface area contributed by atoms with E-state index in [4.69, 9.17) is 5.84 Å². The van der Waals surface area contributed by atoms with Crippen LogP contribution in [0.5, 0.6) is 0 Å². The van der Waals surface area contributed by atoms with E-state index in [1.54, 1.807) is 12.1 Å². The van der Waals surface area contributed by atoms with Gasteiger partial charge in [0.05, 0.1) is 6.26 Å². The van der Waals surface area contributed by atoms with Crippen molar-refractivity contribution in [1.82, 2.24) is 5.43 Å². The molecule has 1 aromatic rings. The fourth-order valence-electron chi connectivity index (χ4n) is 0.358. The van der Waals surface area contributed by atoms with Gasteiger partial charge in [-0.1, -0.05) is 0 Å². The molecule has 1 heterocycles. The number of furan rings is 1. The SMILES string of the molecule is CC(C)(C)NN.O=Cc1ccco1. The second-order valence-corrected chi connectivity index (χ2v) is 3.53. The van der Waals surface area contributed by atoms with Crippen LogP contribution in [0.3, 0.4) is 0 Å². The Labute approximate surface area is 78.1 Å². The van der Waals surface area contributed by atoms with Crippen LogP contribution in [0.4, 0.5) is 0 Å². The van der Waals surface area contributed by atoms with Crippen molar-refractivity contribution >= 4 is 6.29 Å². The molecule has 3 N–H and O–H groups in total. The normalized spacial score (nSPS) is 10.2. The lowest BCUT2D eigenvalue weighted by Gasteiger charge is -2.14. The third-order valence-electron chi connectivity index (χ3n) is 1.09. The number of nitrogens with two attached hydrogens (primary N) is 1. The number of hydrazine groups is 1. The zero-order chi connectivity index (χ0) is 10.3. The molecule has 0 aliphatic carbocycles. The van der Waals surface area contributed by atoms with Crippen molar-refractivity contribution in [3.8, 4) is 0 Å². The molecule has 1 rings (SSSR count). The van der Waals surface area contributed by atoms with Crippen molar-refractivity contribution in [1.29, 1.82) is 0 Å². The molecule has 4 heteroatoms. The molecule has 0 saturated carbocycles. The van der Waals surface area contributed by atoms with Crippen LogP contribution >= 0.6 is 0 Å². The molecule has 0 atom stereocenters. The highest BCUT2D eigenvalue weighted by molar-refractivity contribution is 5.69. The smallest absolute Gasteiger partial charge is 0.185 e. The van der Waals surface area contributed by atoms with Crippen LogP contribution in [0, 0.1) is 0 Å². The lowest BCUT2D eigenvalue weighted by atomic mass is 10.1. The van der Waals surface area contributed by atoms with Gasteiger partial charge >= 0.3 is 0 Å². The summed E-state index contributed by atoms with van der Waals surface area (Å²) in [5.41, 5.74) is 2.67. The van der Waals surface area contributed by atoms with Crippen molar-refractivity contribution in [3.63, 3.8) is 0 Å². The van der Waals surface area contributed by atoms with Gasteiger partial charge in [-0.15, -0.1) is 0 Å². The second-order valence-electron chi connectivity index (χ2n) is 3.53. The molecule has 1 aromatic heterocycles. The van der Waals surface area contributed by atoms with Gasteiger partial charge in [0.1, 0.15) is 0 Å². The quantitative estimate of drug-likeness (QED) is 0.392. The first-order chi connectivity index (χ1) is 5.99. The first kappa shape index (κ1) is 11.9. The summed E-state index contributed by atoms with van der Waals surface area (Å²) in [6.45, 7) is 6.02. The molecular weight excluding hydrogens is 168 g/mol. The van der Waals surface area contributed by atoms with Crippen molar-refractivity contribution in [2.24, 2.45) is 5.84 Å². The first-order valence-electron chi connectivity index (χ1n) is 3.96. The summed E-state index contributed by atoms with van der Waals surface area (Å²) in [5.74, 6) is 5.43. The van der Waals surface area contributed by atoms with Crippen LogP contribution in [0.15, 0.2) is 22.8 Å². The monoisotopic (exact) mass is 184 g/mol. The van der Waals surface area contributed by atoms with E-state index in [-0.39, 0.29) is 5.54 Å². The highest BCUT2D eigenvalue weighted by atomic mass is 16.3. The molecule has 0 radical (unpaired) electrons. The summed E-state index contributed by atoms with van der Waals surface area (Å²) < 4.78 is 4.61. The van der Waals surface area contributed by atoms with Crippen LogP contribution in [-0.2, 0) is 0 Å². The minimum atomic E-state index is 0.0694. The molecule has 0 aromatic carbocycles. The Morgan fingerprint density at radius 2 is 2.08 bits per heavy atom. The average Bonchev–Trinajstić information content (AvgIpc) is 2.56. The number of aldehydes is 1. The molecule has 74 valence electrons. The highest BCUT2D eigenvalue weighted by Crippen LogP contribution is 1.93. The summed E-state index contributed by atoms with van der Waals surface area (Å²) in [7, 11) is 0. The Hall–Kier alpha value is -1.13. The topological polar surface area (TPSA) is 68.3 Å². The Balaban J connectivity index is 0.000000226. The Morgan fingerprint density at radius 3 is 2.23 bits per heavy atom. The predicted octanol–water partition coefficient (Wildman–Crippen LogP) is 1.34. The maximum absolute atomic E-state index is 9.77. The van der Waals surface area contributed by atoms with E-state index in [2.05, 4.69) is 9.84 Å². The van der Waals surface area contributed by atoms with Gasteiger partial charge in [-0.3, -0.25) is 16.1 Å². The molecule has 0 saturated heterocycles. The van der Waals surface area contributed by atoms with E-state index in [0.29, 0.717) is 12.0 Å². The van der Waals surface area contributed by atoms with Crippen LogP contribution in [-0.4, -0.2) is 11.8 Å². The fraction of sp³-hybridized carbons (Fsp3) is 0.444. The molecule has 0 bridgehead atoms. The van der Waals surface area contributed by atoms with Gasteiger partial charge in [0.15, 0.2) is 12.0 Å². The molecular formula is C9H16N2O2. The summed E-state index contributed by atoms with van der Waals surface area (Å²) >= 11 is 0. The van der Waals surface area contributed by atoms with Crippen LogP contribution in [0.25, 0.3) is 0 Å². The van der Waals surface area contributed by atoms with Gasteiger partial charge in [0.25, 0.3) is 0 Å². The minimum absolute atomic E-state index is 0.0694. The van der Waals surface area contributed by atoms with E-state index in [9.17, 15) is 4.79 Å². The second kappa shape index (κ2) is 5.50. The van der Waals surface area contributed by atoms with Crippen LogP contribution in [0.1, 0.15) is 31.3 Å². The van der Waals surface area contributed by atoms with Gasteiger partial charge in [-0.2, -0.15) is 0 Å². The Bertz CT molecular complexity index is 224. The van der Waals surface area contributed by atoms with Gasteiger partial charge in [0.2, 0.25) is 0 Å². The number of carbonyl (C=O) groups excluding carboxylic acids is 1. The van der Waals surface area contributed by atoms with Gasteiger partial charge in [-0.25, -0.2) is 0 Å². The van der Waals surface area contributed by atoms with E-state index < -0.39 is 0 Å². The van der Waals surface area contributed by atoms with E-state index in [0.717, 1.165) is 0 Å². The standard InChI is InChI=1S/C5H4O2.C4H12N2/c6-4-5-2-1-3-7-5;1-4(2,3)6-5/h1-4H;6H,5H2,1-3H3. The molecule has 0 aliphatic rings. The van der Waals surface area contributed by atoms with Crippen molar-refractivity contribution in [3.05, 3.63) is 24.2 Å². The number of rotatable bonds is 1. The maximum atomic E-state index is 9.77. The van der Waals surface area contributed by atoms with Crippen molar-refractivity contribution in [2.75, 3.05) is 0 Å². The third kappa shape index (κ3) is 7.24. The summed E-state index contributed by atoms with van der Waals surface area (Å²) in [5, 5.41) is 0. The minimum Gasteiger partial charge on any atom is -0.462 e. The van der Waals surface area contributed by atoms with Crippen LogP contribution < -0.4 is 11.3 Å². The zero-order valence-electron chi connectivity index (χ0n) is 8.20. The molecule has 0 amide bonds. The van der Waals surface area contributed by atoms with E-state index in [1.165, 1.54) is 6.26 Å². The number of hydrogen-bond donors (Lipinski definition) is 2. The average molecular weight is 184 g/mol. The summed E-state index contributed by atoms with van der Waals surface area (Å²) in [6, 6.07) is 3.27. The number of carbonyl (C=O) groups is 1. The van der Waals surface area contributed by atoms with E-state index >= 15 is 0 Å². The van der Waals surface area contributed by atoms with Gasteiger partial charge in [0, 0.05) is 5.54 Å². The number of nitrogens with one attached hydrogen (secondary N) is 1. The lowest BCUT2D eigenvalue weighted by molar-refractivity contribution is 0.110. The van der Waals surface area contributed by atoms with E-state index in [1.807, 2.05) is 20.8 Å². The molecule has 0 aliphatic heterocycles. The fourth-order valence-corrected chi connectivity index (χ4v) is 0.358. The zero-order valence-corrected chi connectivity index (χ0v) is 8.20. The molecule has 0 fully saturated rings. The van der Waals surface area contributed by atoms with Crippen molar-refractivity contribution < 1.29 is 9.21 Å². The number of hydrogen-bond acceptors (Lipinski definition) is 4. The summed E-state index contributed by atoms with van der Waals surface area (Å²) in [4.78, 5) is 9.77. The lowest BCUT2D eigenvalue weighted by Crippen LogP contribution is -2.41. The molecule has 13 heavy (non-hydrogen) atoms. The van der Waals surface area contributed by atoms with Crippen molar-refractivity contribution in [2.45, 2.75) is 26.3 Å². The Kier molecular flexibility index (Phi) is 5.03. The largest absolute Gasteiger partial charge is 0.462 e. The van der Waals surface area contributed by atoms with Gasteiger partial charge < -0.3 is 4.42 Å². The van der Waals surface area contributed by atoms with Crippen LogP contribution in [0.2, 0.25) is 0 Å². The summed E-state index contributed by atoms with van der Waals surface area (Å²) in [6.07, 6.45) is 2.13. The highest BCUT2D eigenvalue weighted by Gasteiger charge is 2.02. The molecule has 0 spiro atoms. The maximum Gasteiger partial charge on any atom is 0.185 e. The third-order valence-corrected chi connectivity index (χ3v) is 1.09. The predicted molar refractivity (Wildman–Crippen MR) is 51.2 cm³/mol.